The van der Waals surface area contributed by atoms with Gasteiger partial charge in [0.2, 0.25) is 11.8 Å². The van der Waals surface area contributed by atoms with Crippen LogP contribution < -0.4 is 10.6 Å². The molecule has 0 aliphatic heterocycles. The van der Waals surface area contributed by atoms with Crippen molar-refractivity contribution in [3.8, 4) is 5.75 Å². The molecule has 2 unspecified atom stereocenters. The number of carbonyl (C=O) groups is 3. The van der Waals surface area contributed by atoms with E-state index in [4.69, 9.17) is 4.74 Å². The lowest BCUT2D eigenvalue weighted by Gasteiger charge is -2.36. The molecule has 0 aliphatic carbocycles. The zero-order valence-electron chi connectivity index (χ0n) is 26.0. The molecular formula is C33H49N3O5. The number of alkyl carbamates (subject to hydrolysis) is 1. The number of hydrogen-bond acceptors (Lipinski definition) is 5. The van der Waals surface area contributed by atoms with E-state index in [9.17, 15) is 19.5 Å². The lowest BCUT2D eigenvalue weighted by molar-refractivity contribution is -0.143. The summed E-state index contributed by atoms with van der Waals surface area (Å²) >= 11 is 0. The van der Waals surface area contributed by atoms with Crippen LogP contribution in [0.1, 0.15) is 96.9 Å². The maximum Gasteiger partial charge on any atom is 0.408 e. The Hall–Kier alpha value is -3.55. The van der Waals surface area contributed by atoms with Gasteiger partial charge in [-0.25, -0.2) is 4.79 Å². The van der Waals surface area contributed by atoms with Crippen molar-refractivity contribution in [1.82, 2.24) is 15.5 Å². The normalized spacial score (nSPS) is 13.2. The van der Waals surface area contributed by atoms with Crippen molar-refractivity contribution in [2.75, 3.05) is 6.54 Å². The van der Waals surface area contributed by atoms with Gasteiger partial charge in [0.25, 0.3) is 0 Å². The molecule has 0 aromatic heterocycles. The van der Waals surface area contributed by atoms with E-state index < -0.39 is 29.3 Å². The van der Waals surface area contributed by atoms with Gasteiger partial charge in [0.05, 0.1) is 0 Å². The summed E-state index contributed by atoms with van der Waals surface area (Å²) in [7, 11) is 0. The lowest BCUT2D eigenvalue weighted by atomic mass is 9.98. The largest absolute Gasteiger partial charge is 0.508 e. The van der Waals surface area contributed by atoms with Gasteiger partial charge >= 0.3 is 6.09 Å². The Morgan fingerprint density at radius 2 is 1.51 bits per heavy atom. The molecule has 8 heteroatoms. The maximum atomic E-state index is 14.5. The predicted molar refractivity (Wildman–Crippen MR) is 163 cm³/mol. The zero-order chi connectivity index (χ0) is 30.8. The summed E-state index contributed by atoms with van der Waals surface area (Å²) in [5.41, 5.74) is 1.21. The Labute approximate surface area is 245 Å². The number of phenols is 1. The molecular weight excluding hydrogens is 518 g/mol. The molecule has 0 fully saturated rings. The first-order valence-electron chi connectivity index (χ1n) is 14.6. The standard InChI is InChI=1S/C33H49N3O5/c1-9-10-11-12-21-36(28(29(38)35-32(3,4)5)25-17-13-23(2)14-18-25)30(39)27(34-31(40)41-33(6,7)8)22-24-15-19-26(37)20-16-24/h13-20,27-28,37H,9-12,21-22H2,1-8H3,(H,34,40)(H,35,38). The second kappa shape index (κ2) is 14.9. The third kappa shape index (κ3) is 11.8. The fraction of sp³-hybridized carbons (Fsp3) is 0.545. The number of unbranched alkanes of at least 4 members (excludes halogenated alkanes) is 3. The van der Waals surface area contributed by atoms with Gasteiger partial charge in [0, 0.05) is 18.5 Å². The van der Waals surface area contributed by atoms with Gasteiger partial charge in [-0.3, -0.25) is 9.59 Å². The number of benzene rings is 2. The minimum absolute atomic E-state index is 0.104. The molecule has 3 N–H and O–H groups in total. The van der Waals surface area contributed by atoms with Gasteiger partial charge in [0.15, 0.2) is 0 Å². The number of phenolic OH excluding ortho intramolecular Hbond substituents is 1. The number of aryl methyl sites for hydroxylation is 1. The molecule has 2 rings (SSSR count). The lowest BCUT2D eigenvalue weighted by Crippen LogP contribution is -2.55. The molecule has 0 saturated heterocycles. The van der Waals surface area contributed by atoms with E-state index in [1.807, 2.05) is 52.0 Å². The predicted octanol–water partition coefficient (Wildman–Crippen LogP) is 6.20. The van der Waals surface area contributed by atoms with Crippen LogP contribution in [0.15, 0.2) is 48.5 Å². The number of carbonyl (C=O) groups excluding carboxylic acids is 3. The van der Waals surface area contributed by atoms with Crippen molar-refractivity contribution >= 4 is 17.9 Å². The van der Waals surface area contributed by atoms with Crippen molar-refractivity contribution < 1.29 is 24.2 Å². The van der Waals surface area contributed by atoms with E-state index in [0.29, 0.717) is 18.5 Å². The van der Waals surface area contributed by atoms with Crippen LogP contribution in [0.2, 0.25) is 0 Å². The van der Waals surface area contributed by atoms with Crippen LogP contribution in [0.3, 0.4) is 0 Å². The number of nitrogens with one attached hydrogen (secondary N) is 2. The first-order valence-corrected chi connectivity index (χ1v) is 14.6. The fourth-order valence-electron chi connectivity index (χ4n) is 4.45. The third-order valence-electron chi connectivity index (χ3n) is 6.35. The number of rotatable bonds is 12. The number of ether oxygens (including phenoxy) is 1. The van der Waals surface area contributed by atoms with Crippen molar-refractivity contribution in [3.05, 3.63) is 65.2 Å². The summed E-state index contributed by atoms with van der Waals surface area (Å²) < 4.78 is 5.50. The van der Waals surface area contributed by atoms with Crippen LogP contribution in [0, 0.1) is 6.92 Å². The Bertz CT molecular complexity index is 1130. The number of nitrogens with zero attached hydrogens (tertiary/aromatic N) is 1. The molecule has 0 heterocycles. The number of aromatic hydroxyl groups is 1. The fourth-order valence-corrected chi connectivity index (χ4v) is 4.45. The Morgan fingerprint density at radius 1 is 0.902 bits per heavy atom. The number of hydrogen-bond donors (Lipinski definition) is 3. The summed E-state index contributed by atoms with van der Waals surface area (Å²) in [6, 6.07) is 12.2. The van der Waals surface area contributed by atoms with Crippen LogP contribution in [-0.4, -0.2) is 51.6 Å². The maximum absolute atomic E-state index is 14.5. The van der Waals surface area contributed by atoms with Gasteiger partial charge in [-0.2, -0.15) is 0 Å². The molecule has 3 amide bonds. The van der Waals surface area contributed by atoms with E-state index in [2.05, 4.69) is 17.6 Å². The molecule has 226 valence electrons. The molecule has 0 aliphatic rings. The average molecular weight is 568 g/mol. The van der Waals surface area contributed by atoms with Crippen molar-refractivity contribution in [2.45, 2.75) is 111 Å². The van der Waals surface area contributed by atoms with E-state index in [-0.39, 0.29) is 24.0 Å². The zero-order valence-corrected chi connectivity index (χ0v) is 26.0. The summed E-state index contributed by atoms with van der Waals surface area (Å²) in [6.07, 6.45) is 3.10. The minimum atomic E-state index is -1.00. The quantitative estimate of drug-likeness (QED) is 0.265. The van der Waals surface area contributed by atoms with Crippen LogP contribution >= 0.6 is 0 Å². The molecule has 0 radical (unpaired) electrons. The molecule has 0 spiro atoms. The van der Waals surface area contributed by atoms with Crippen molar-refractivity contribution in [3.63, 3.8) is 0 Å². The van der Waals surface area contributed by atoms with E-state index in [1.54, 1.807) is 49.9 Å². The molecule has 2 aromatic carbocycles. The van der Waals surface area contributed by atoms with Gasteiger partial charge < -0.3 is 25.4 Å². The highest BCUT2D eigenvalue weighted by molar-refractivity contribution is 5.92. The van der Waals surface area contributed by atoms with Crippen LogP contribution in [-0.2, 0) is 20.7 Å². The van der Waals surface area contributed by atoms with Crippen LogP contribution in [0.25, 0.3) is 0 Å². The first kappa shape index (κ1) is 33.7. The Morgan fingerprint density at radius 3 is 2.05 bits per heavy atom. The van der Waals surface area contributed by atoms with E-state index >= 15 is 0 Å². The van der Waals surface area contributed by atoms with Crippen LogP contribution in [0.4, 0.5) is 4.79 Å². The molecule has 2 aromatic rings. The summed E-state index contributed by atoms with van der Waals surface area (Å²) in [6.45, 7) is 15.4. The molecule has 0 saturated carbocycles. The topological polar surface area (TPSA) is 108 Å². The molecule has 8 nitrogen and oxygen atoms in total. The first-order chi connectivity index (χ1) is 19.1. The third-order valence-corrected chi connectivity index (χ3v) is 6.35. The number of amides is 3. The molecule has 2 atom stereocenters. The Kier molecular flexibility index (Phi) is 12.2. The summed E-state index contributed by atoms with van der Waals surface area (Å²) in [5, 5.41) is 15.6. The van der Waals surface area contributed by atoms with Crippen molar-refractivity contribution in [1.29, 1.82) is 0 Å². The monoisotopic (exact) mass is 567 g/mol. The van der Waals surface area contributed by atoms with Crippen molar-refractivity contribution in [2.24, 2.45) is 0 Å². The van der Waals surface area contributed by atoms with E-state index in [0.717, 1.165) is 30.4 Å². The van der Waals surface area contributed by atoms with Gasteiger partial charge in [-0.15, -0.1) is 0 Å². The second-order valence-electron chi connectivity index (χ2n) is 12.7. The second-order valence-corrected chi connectivity index (χ2v) is 12.7. The van der Waals surface area contributed by atoms with Gasteiger partial charge in [0.1, 0.15) is 23.4 Å². The highest BCUT2D eigenvalue weighted by Gasteiger charge is 2.37. The Balaban J connectivity index is 2.57. The molecule has 0 bridgehead atoms. The van der Waals surface area contributed by atoms with Gasteiger partial charge in [-0.1, -0.05) is 68.1 Å². The van der Waals surface area contributed by atoms with Crippen LogP contribution in [0.5, 0.6) is 5.75 Å². The average Bonchev–Trinajstić information content (AvgIpc) is 2.85. The SMILES string of the molecule is CCCCCCN(C(=O)C(Cc1ccc(O)cc1)NC(=O)OC(C)(C)C)C(C(=O)NC(C)(C)C)c1ccc(C)cc1. The highest BCUT2D eigenvalue weighted by Crippen LogP contribution is 2.26. The summed E-state index contributed by atoms with van der Waals surface area (Å²) in [5.74, 6) is -0.562. The smallest absolute Gasteiger partial charge is 0.408 e. The highest BCUT2D eigenvalue weighted by atomic mass is 16.6. The minimum Gasteiger partial charge on any atom is -0.508 e. The molecule has 41 heavy (non-hydrogen) atoms. The van der Waals surface area contributed by atoms with E-state index in [1.165, 1.54) is 0 Å². The summed E-state index contributed by atoms with van der Waals surface area (Å²) in [4.78, 5) is 42.8. The van der Waals surface area contributed by atoms with Gasteiger partial charge in [-0.05, 0) is 78.1 Å².